The largest absolute Gasteiger partial charge is 0.479 e. The molecule has 14 heteroatoms. The van der Waals surface area contributed by atoms with E-state index in [1.807, 2.05) is 70.5 Å². The third kappa shape index (κ3) is 7.67. The summed E-state index contributed by atoms with van der Waals surface area (Å²) in [5.74, 6) is 1.40. The lowest BCUT2D eigenvalue weighted by Gasteiger charge is -2.29. The van der Waals surface area contributed by atoms with Crippen LogP contribution in [-0.4, -0.2) is 96.1 Å². The first-order valence-corrected chi connectivity index (χ1v) is 20.6. The van der Waals surface area contributed by atoms with Crippen LogP contribution in [0.3, 0.4) is 0 Å². The number of rotatable bonds is 4. The second-order valence-electron chi connectivity index (χ2n) is 15.1. The molecule has 4 aliphatic rings. The van der Waals surface area contributed by atoms with Crippen molar-refractivity contribution in [3.05, 3.63) is 117 Å². The minimum absolute atomic E-state index is 0.0149. The van der Waals surface area contributed by atoms with E-state index < -0.39 is 12.2 Å². The van der Waals surface area contributed by atoms with Crippen molar-refractivity contribution in [2.24, 2.45) is 0 Å². The molecule has 12 nitrogen and oxygen atoms in total. The molecule has 0 spiro atoms. The number of nitrogens with zero attached hydrogens (tertiary/aromatic N) is 6. The number of fused-ring (bicyclic) bond motifs is 4. The summed E-state index contributed by atoms with van der Waals surface area (Å²) in [7, 11) is 0. The lowest BCUT2D eigenvalue weighted by atomic mass is 9.97. The zero-order valence-corrected chi connectivity index (χ0v) is 33.9. The van der Waals surface area contributed by atoms with E-state index in [0.717, 1.165) is 81.4 Å². The van der Waals surface area contributed by atoms with Crippen molar-refractivity contribution in [3.8, 4) is 45.9 Å². The van der Waals surface area contributed by atoms with Gasteiger partial charge < -0.3 is 29.9 Å². The van der Waals surface area contributed by atoms with Crippen molar-refractivity contribution < 1.29 is 19.1 Å². The quantitative estimate of drug-likeness (QED) is 0.206. The van der Waals surface area contributed by atoms with Crippen molar-refractivity contribution >= 4 is 56.8 Å². The molecule has 10 rings (SSSR count). The maximum Gasteiger partial charge on any atom is 0.264 e. The second-order valence-corrected chi connectivity index (χ2v) is 15.9. The number of amides is 2. The number of hydrogen-bond donors (Lipinski definition) is 2. The van der Waals surface area contributed by atoms with Gasteiger partial charge in [-0.15, -0.1) is 0 Å². The van der Waals surface area contributed by atoms with Gasteiger partial charge in [-0.2, -0.15) is 10.5 Å². The van der Waals surface area contributed by atoms with Crippen molar-refractivity contribution in [1.82, 2.24) is 30.4 Å². The van der Waals surface area contributed by atoms with E-state index in [1.54, 1.807) is 24.5 Å². The maximum absolute atomic E-state index is 13.0. The number of halogens is 2. The Morgan fingerprint density at radius 1 is 0.600 bits per heavy atom. The molecule has 0 aliphatic carbocycles. The summed E-state index contributed by atoms with van der Waals surface area (Å²) < 4.78 is 12.4. The predicted molar refractivity (Wildman–Crippen MR) is 229 cm³/mol. The van der Waals surface area contributed by atoms with Gasteiger partial charge in [-0.25, -0.2) is 0 Å². The minimum atomic E-state index is -0.543. The number of carbonyl (C=O) groups is 2. The van der Waals surface area contributed by atoms with Crippen LogP contribution < -0.4 is 20.1 Å². The highest BCUT2D eigenvalue weighted by molar-refractivity contribution is 6.31. The van der Waals surface area contributed by atoms with Crippen LogP contribution in [0.5, 0.6) is 11.5 Å². The predicted octanol–water partition coefficient (Wildman–Crippen LogP) is 6.32. The molecule has 2 fully saturated rings. The number of pyridine rings is 2. The van der Waals surface area contributed by atoms with Crippen LogP contribution in [0.4, 0.5) is 0 Å². The number of benzene rings is 4. The zero-order chi connectivity index (χ0) is 41.3. The van der Waals surface area contributed by atoms with Gasteiger partial charge in [0.15, 0.2) is 12.2 Å². The van der Waals surface area contributed by atoms with Gasteiger partial charge >= 0.3 is 0 Å². The zero-order valence-electron chi connectivity index (χ0n) is 32.4. The number of carbonyl (C=O) groups excluding carboxylic acids is 2. The highest BCUT2D eigenvalue weighted by atomic mass is 35.5. The van der Waals surface area contributed by atoms with Gasteiger partial charge in [0.1, 0.15) is 11.5 Å². The molecular formula is C46H38Cl2N8O4. The average molecular weight is 838 g/mol. The van der Waals surface area contributed by atoms with E-state index in [-0.39, 0.29) is 11.8 Å². The second kappa shape index (κ2) is 16.8. The fourth-order valence-electron chi connectivity index (χ4n) is 8.40. The van der Waals surface area contributed by atoms with Crippen molar-refractivity contribution in [3.63, 3.8) is 0 Å². The summed E-state index contributed by atoms with van der Waals surface area (Å²) in [4.78, 5) is 38.5. The summed E-state index contributed by atoms with van der Waals surface area (Å²) in [5.41, 5.74) is 7.92. The van der Waals surface area contributed by atoms with Crippen LogP contribution in [0, 0.1) is 22.7 Å². The molecule has 0 radical (unpaired) electrons. The van der Waals surface area contributed by atoms with Crippen molar-refractivity contribution in [2.75, 3.05) is 52.4 Å². The number of piperazine rings is 2. The molecule has 4 aromatic carbocycles. The van der Waals surface area contributed by atoms with E-state index in [9.17, 15) is 20.1 Å². The number of aromatic nitrogens is 2. The van der Waals surface area contributed by atoms with Crippen LogP contribution in [0.2, 0.25) is 10.0 Å². The molecule has 4 aliphatic heterocycles. The summed E-state index contributed by atoms with van der Waals surface area (Å²) in [6, 6.07) is 26.4. The standard InChI is InChI=1S/2C23H19ClN4O2/c2*24-16-10-15-11-21(23(29)28-7-5-26-6-8-28)30-22(15)19(12-16)17-3-4-27-20-2-1-14(13-25)9-18(17)20/h2*1-4,9-10,12,21,26H,5-8,11H2/t2*21-/m10/s1. The van der Waals surface area contributed by atoms with Crippen LogP contribution in [0.15, 0.2) is 85.2 Å². The van der Waals surface area contributed by atoms with Gasteiger partial charge in [0, 0.05) is 121 Å². The first-order chi connectivity index (χ1) is 29.3. The number of nitrogens with one attached hydrogen (secondary N) is 2. The fraction of sp³-hybridized carbons (Fsp3) is 0.261. The average Bonchev–Trinajstić information content (AvgIpc) is 3.93. The molecular weight excluding hydrogens is 799 g/mol. The number of hydrogen-bond acceptors (Lipinski definition) is 10. The summed E-state index contributed by atoms with van der Waals surface area (Å²) in [6.07, 6.45) is 3.37. The Labute approximate surface area is 356 Å². The normalized spacial score (nSPS) is 18.0. The van der Waals surface area contributed by atoms with E-state index in [0.29, 0.717) is 71.7 Å². The monoisotopic (exact) mass is 836 g/mol. The Kier molecular flexibility index (Phi) is 11.0. The molecule has 6 heterocycles. The Hall–Kier alpha value is -6.28. The first kappa shape index (κ1) is 39.2. The van der Waals surface area contributed by atoms with Crippen LogP contribution in [-0.2, 0) is 22.4 Å². The molecule has 2 N–H and O–H groups in total. The minimum Gasteiger partial charge on any atom is -0.479 e. The molecule has 0 saturated carbocycles. The highest BCUT2D eigenvalue weighted by Crippen LogP contribution is 2.45. The SMILES string of the molecule is N#Cc1ccc2nccc(-c3cc(Cl)cc4c3O[C@@H](C(=O)N3CCNCC3)C4)c2c1.N#Cc1ccc2nccc(-c3cc(Cl)cc4c3O[C@H](C(=O)N3CCNCC3)C4)c2c1. The van der Waals surface area contributed by atoms with Crippen LogP contribution >= 0.6 is 23.2 Å². The van der Waals surface area contributed by atoms with Crippen LogP contribution in [0.25, 0.3) is 44.1 Å². The third-order valence-electron chi connectivity index (χ3n) is 11.3. The summed E-state index contributed by atoms with van der Waals surface area (Å²) in [5, 5.41) is 28.0. The Morgan fingerprint density at radius 2 is 1.02 bits per heavy atom. The Bertz CT molecular complexity index is 2580. The van der Waals surface area contributed by atoms with Crippen molar-refractivity contribution in [1.29, 1.82) is 10.5 Å². The Balaban J connectivity index is 0.000000154. The molecule has 0 bridgehead atoms. The number of ether oxygens (including phenoxy) is 2. The number of nitriles is 2. The molecule has 2 aromatic heterocycles. The third-order valence-corrected chi connectivity index (χ3v) is 11.8. The van der Waals surface area contributed by atoms with E-state index in [2.05, 4.69) is 32.7 Å². The van der Waals surface area contributed by atoms with E-state index in [4.69, 9.17) is 32.7 Å². The van der Waals surface area contributed by atoms with Gasteiger partial charge in [-0.3, -0.25) is 19.6 Å². The lowest BCUT2D eigenvalue weighted by Crippen LogP contribution is -2.50. The molecule has 2 amide bonds. The van der Waals surface area contributed by atoms with Gasteiger partial charge in [0.2, 0.25) is 0 Å². The smallest absolute Gasteiger partial charge is 0.264 e. The van der Waals surface area contributed by atoms with Gasteiger partial charge in [-0.1, -0.05) is 23.2 Å². The van der Waals surface area contributed by atoms with E-state index >= 15 is 0 Å². The molecule has 300 valence electrons. The highest BCUT2D eigenvalue weighted by Gasteiger charge is 2.36. The maximum atomic E-state index is 13.0. The molecule has 2 atom stereocenters. The molecule has 60 heavy (non-hydrogen) atoms. The topological polar surface area (TPSA) is 156 Å². The fourth-order valence-corrected chi connectivity index (χ4v) is 8.89. The molecule has 0 unspecified atom stereocenters. The van der Waals surface area contributed by atoms with Crippen molar-refractivity contribution in [2.45, 2.75) is 25.0 Å². The summed E-state index contributed by atoms with van der Waals surface area (Å²) in [6.45, 7) is 5.95. The van der Waals surface area contributed by atoms with Crippen LogP contribution in [0.1, 0.15) is 22.3 Å². The van der Waals surface area contributed by atoms with Gasteiger partial charge in [0.05, 0.1) is 34.3 Å². The first-order valence-electron chi connectivity index (χ1n) is 19.8. The Morgan fingerprint density at radius 3 is 1.42 bits per heavy atom. The summed E-state index contributed by atoms with van der Waals surface area (Å²) >= 11 is 12.9. The molecule has 6 aromatic rings. The lowest BCUT2D eigenvalue weighted by molar-refractivity contribution is -0.139. The van der Waals surface area contributed by atoms with E-state index in [1.165, 1.54) is 0 Å². The van der Waals surface area contributed by atoms with Gasteiger partial charge in [-0.05, 0) is 83.9 Å². The molecule has 2 saturated heterocycles. The van der Waals surface area contributed by atoms with Gasteiger partial charge in [0.25, 0.3) is 11.8 Å².